The number of amides is 1. The quantitative estimate of drug-likeness (QED) is 0.913. The molecule has 1 aromatic rings. The largest absolute Gasteiger partial charge is 0.376 e. The summed E-state index contributed by atoms with van der Waals surface area (Å²) < 4.78 is 18.3. The molecule has 1 aromatic carbocycles. The van der Waals surface area contributed by atoms with E-state index in [0.717, 1.165) is 18.7 Å². The van der Waals surface area contributed by atoms with Crippen LogP contribution < -0.4 is 5.32 Å². The number of rotatable bonds is 4. The van der Waals surface area contributed by atoms with Crippen LogP contribution in [0.5, 0.6) is 0 Å². The van der Waals surface area contributed by atoms with Gasteiger partial charge in [0.05, 0.1) is 25.3 Å². The van der Waals surface area contributed by atoms with Crippen LogP contribution in [0.3, 0.4) is 0 Å². The van der Waals surface area contributed by atoms with Gasteiger partial charge in [-0.15, -0.1) is 0 Å². The second-order valence-corrected chi connectivity index (χ2v) is 5.26. The Morgan fingerprint density at radius 3 is 2.85 bits per heavy atom. The van der Waals surface area contributed by atoms with Crippen molar-refractivity contribution in [1.82, 2.24) is 10.2 Å². The Balaban J connectivity index is 1.83. The summed E-state index contributed by atoms with van der Waals surface area (Å²) in [6.07, 6.45) is 0.172. The van der Waals surface area contributed by atoms with Crippen LogP contribution in [0.1, 0.15) is 25.5 Å². The van der Waals surface area contributed by atoms with Crippen LogP contribution in [-0.2, 0) is 9.53 Å². The molecule has 1 N–H and O–H groups in total. The molecule has 0 aromatic heterocycles. The van der Waals surface area contributed by atoms with Crippen molar-refractivity contribution in [1.29, 1.82) is 0 Å². The lowest BCUT2D eigenvalue weighted by Crippen LogP contribution is -2.46. The minimum absolute atomic E-state index is 0.0177. The predicted octanol–water partition coefficient (Wildman–Crippen LogP) is 1.72. The summed E-state index contributed by atoms with van der Waals surface area (Å²) in [6, 6.07) is 6.07. The molecule has 4 nitrogen and oxygen atoms in total. The number of nitrogens with zero attached hydrogens (tertiary/aromatic N) is 1. The molecule has 2 unspecified atom stereocenters. The van der Waals surface area contributed by atoms with Gasteiger partial charge in [0.25, 0.3) is 0 Å². The summed E-state index contributed by atoms with van der Waals surface area (Å²) in [5.74, 6) is -0.287. The second kappa shape index (κ2) is 6.81. The molecular formula is C15H21FN2O2. The zero-order chi connectivity index (χ0) is 14.5. The summed E-state index contributed by atoms with van der Waals surface area (Å²) in [5.41, 5.74) is 0.898. The van der Waals surface area contributed by atoms with Crippen LogP contribution >= 0.6 is 0 Å². The Bertz CT molecular complexity index is 450. The first-order valence-electron chi connectivity index (χ1n) is 6.93. The Morgan fingerprint density at radius 1 is 1.50 bits per heavy atom. The van der Waals surface area contributed by atoms with Crippen molar-refractivity contribution < 1.29 is 13.9 Å². The fourth-order valence-corrected chi connectivity index (χ4v) is 2.36. The highest BCUT2D eigenvalue weighted by atomic mass is 19.1. The number of morpholine rings is 1. The molecule has 1 heterocycles. The van der Waals surface area contributed by atoms with Crippen molar-refractivity contribution in [2.75, 3.05) is 26.2 Å². The standard InChI is InChI=1S/C15H21FN2O2/c1-11-9-18(7-8-20-11)10-15(19)17-12(2)13-3-5-14(16)6-4-13/h3-6,11-12H,7-10H2,1-2H3,(H,17,19). The van der Waals surface area contributed by atoms with Crippen molar-refractivity contribution in [2.24, 2.45) is 0 Å². The molecule has 2 rings (SSSR count). The summed E-state index contributed by atoms with van der Waals surface area (Å²) in [4.78, 5) is 14.1. The van der Waals surface area contributed by atoms with Gasteiger partial charge in [0.2, 0.25) is 5.91 Å². The van der Waals surface area contributed by atoms with Gasteiger partial charge in [0.15, 0.2) is 0 Å². The fraction of sp³-hybridized carbons (Fsp3) is 0.533. The third kappa shape index (κ3) is 4.28. The lowest BCUT2D eigenvalue weighted by atomic mass is 10.1. The predicted molar refractivity (Wildman–Crippen MR) is 74.8 cm³/mol. The summed E-state index contributed by atoms with van der Waals surface area (Å²) in [5, 5.41) is 2.93. The van der Waals surface area contributed by atoms with Gasteiger partial charge in [-0.1, -0.05) is 12.1 Å². The lowest BCUT2D eigenvalue weighted by molar-refractivity contribution is -0.124. The first-order valence-corrected chi connectivity index (χ1v) is 6.93. The highest BCUT2D eigenvalue weighted by molar-refractivity contribution is 5.78. The van der Waals surface area contributed by atoms with Crippen molar-refractivity contribution in [3.8, 4) is 0 Å². The Morgan fingerprint density at radius 2 is 2.20 bits per heavy atom. The molecular weight excluding hydrogens is 259 g/mol. The minimum Gasteiger partial charge on any atom is -0.376 e. The molecule has 1 fully saturated rings. The van der Waals surface area contributed by atoms with E-state index in [1.54, 1.807) is 12.1 Å². The van der Waals surface area contributed by atoms with Crippen LogP contribution in [-0.4, -0.2) is 43.2 Å². The lowest BCUT2D eigenvalue weighted by Gasteiger charge is -2.30. The molecule has 0 aliphatic carbocycles. The number of carbonyl (C=O) groups is 1. The fourth-order valence-electron chi connectivity index (χ4n) is 2.36. The number of halogens is 1. The van der Waals surface area contributed by atoms with Crippen molar-refractivity contribution in [3.63, 3.8) is 0 Å². The van der Waals surface area contributed by atoms with Crippen LogP contribution in [0.2, 0.25) is 0 Å². The van der Waals surface area contributed by atoms with E-state index in [2.05, 4.69) is 10.2 Å². The molecule has 5 heteroatoms. The van der Waals surface area contributed by atoms with Crippen molar-refractivity contribution in [3.05, 3.63) is 35.6 Å². The number of hydrogen-bond acceptors (Lipinski definition) is 3. The number of benzene rings is 1. The van der Waals surface area contributed by atoms with Gasteiger partial charge in [0.1, 0.15) is 5.82 Å². The summed E-state index contributed by atoms with van der Waals surface area (Å²) in [7, 11) is 0. The second-order valence-electron chi connectivity index (χ2n) is 5.26. The molecule has 0 spiro atoms. The van der Waals surface area contributed by atoms with Crippen molar-refractivity contribution >= 4 is 5.91 Å². The highest BCUT2D eigenvalue weighted by Crippen LogP contribution is 2.13. The molecule has 1 saturated heterocycles. The number of carbonyl (C=O) groups excluding carboxylic acids is 1. The van der Waals surface area contributed by atoms with Gasteiger partial charge < -0.3 is 10.1 Å². The van der Waals surface area contributed by atoms with E-state index in [1.807, 2.05) is 13.8 Å². The normalized spacial score (nSPS) is 21.4. The number of nitrogens with one attached hydrogen (secondary N) is 1. The van der Waals surface area contributed by atoms with Crippen LogP contribution in [0.15, 0.2) is 24.3 Å². The van der Waals surface area contributed by atoms with E-state index in [0.29, 0.717) is 13.2 Å². The van der Waals surface area contributed by atoms with E-state index in [9.17, 15) is 9.18 Å². The van der Waals surface area contributed by atoms with Gasteiger partial charge >= 0.3 is 0 Å². The maximum Gasteiger partial charge on any atom is 0.234 e. The van der Waals surface area contributed by atoms with Gasteiger partial charge in [-0.3, -0.25) is 9.69 Å². The molecule has 0 saturated carbocycles. The molecule has 2 atom stereocenters. The van der Waals surface area contributed by atoms with E-state index < -0.39 is 0 Å². The van der Waals surface area contributed by atoms with Gasteiger partial charge in [0, 0.05) is 13.1 Å². The third-order valence-corrected chi connectivity index (χ3v) is 3.44. The zero-order valence-corrected chi connectivity index (χ0v) is 11.9. The SMILES string of the molecule is CC1CN(CC(=O)NC(C)c2ccc(F)cc2)CCO1. The average Bonchev–Trinajstić information content (AvgIpc) is 2.39. The smallest absolute Gasteiger partial charge is 0.234 e. The molecule has 110 valence electrons. The maximum absolute atomic E-state index is 12.9. The van der Waals surface area contributed by atoms with E-state index >= 15 is 0 Å². The first-order chi connectivity index (χ1) is 9.54. The Kier molecular flexibility index (Phi) is 5.09. The highest BCUT2D eigenvalue weighted by Gasteiger charge is 2.19. The summed E-state index contributed by atoms with van der Waals surface area (Å²) in [6.45, 7) is 6.50. The molecule has 20 heavy (non-hydrogen) atoms. The minimum atomic E-state index is -0.269. The third-order valence-electron chi connectivity index (χ3n) is 3.44. The van der Waals surface area contributed by atoms with E-state index in [1.165, 1.54) is 12.1 Å². The Hall–Kier alpha value is -1.46. The monoisotopic (exact) mass is 280 g/mol. The van der Waals surface area contributed by atoms with Crippen LogP contribution in [0.25, 0.3) is 0 Å². The van der Waals surface area contributed by atoms with Crippen LogP contribution in [0, 0.1) is 5.82 Å². The molecule has 1 aliphatic heterocycles. The Labute approximate surface area is 118 Å². The van der Waals surface area contributed by atoms with E-state index in [4.69, 9.17) is 4.74 Å². The van der Waals surface area contributed by atoms with Gasteiger partial charge in [-0.2, -0.15) is 0 Å². The van der Waals surface area contributed by atoms with E-state index in [-0.39, 0.29) is 23.9 Å². The summed E-state index contributed by atoms with van der Waals surface area (Å²) >= 11 is 0. The molecule has 1 aliphatic rings. The van der Waals surface area contributed by atoms with Crippen LogP contribution in [0.4, 0.5) is 4.39 Å². The average molecular weight is 280 g/mol. The molecule has 0 bridgehead atoms. The molecule has 1 amide bonds. The molecule has 0 radical (unpaired) electrons. The number of ether oxygens (including phenoxy) is 1. The van der Waals surface area contributed by atoms with Gasteiger partial charge in [-0.25, -0.2) is 4.39 Å². The topological polar surface area (TPSA) is 41.6 Å². The first kappa shape index (κ1) is 14.9. The maximum atomic E-state index is 12.9. The van der Waals surface area contributed by atoms with Crippen molar-refractivity contribution in [2.45, 2.75) is 26.0 Å². The zero-order valence-electron chi connectivity index (χ0n) is 11.9. The van der Waals surface area contributed by atoms with Gasteiger partial charge in [-0.05, 0) is 31.5 Å². The number of hydrogen-bond donors (Lipinski definition) is 1.